The van der Waals surface area contributed by atoms with Gasteiger partial charge in [-0.25, -0.2) is 0 Å². The lowest BCUT2D eigenvalue weighted by molar-refractivity contribution is 0.0695. The molecule has 0 amide bonds. The van der Waals surface area contributed by atoms with Gasteiger partial charge in [-0.05, 0) is 13.8 Å². The second kappa shape index (κ2) is 5.61. The molecule has 19 heavy (non-hydrogen) atoms. The second-order valence-electron chi connectivity index (χ2n) is 6.05. The average Bonchev–Trinajstić information content (AvgIpc) is 2.78. The topological polar surface area (TPSA) is 36.3 Å². The van der Waals surface area contributed by atoms with Crippen LogP contribution in [0.2, 0.25) is 0 Å². The third kappa shape index (κ3) is 2.99. The van der Waals surface area contributed by atoms with Crippen molar-refractivity contribution in [2.75, 3.05) is 39.3 Å². The van der Waals surface area contributed by atoms with Gasteiger partial charge in [-0.2, -0.15) is 5.10 Å². The third-order valence-electron chi connectivity index (χ3n) is 4.27. The number of hydrogen-bond donors (Lipinski definition) is 1. The van der Waals surface area contributed by atoms with Crippen molar-refractivity contribution < 1.29 is 0 Å². The molecule has 0 spiro atoms. The number of hydrogen-bond acceptors (Lipinski definition) is 4. The monoisotopic (exact) mass is 263 g/mol. The Hall–Kier alpha value is -0.910. The first kappa shape index (κ1) is 13.1. The minimum atomic E-state index is 0.455. The molecule has 106 valence electrons. The first-order valence-corrected chi connectivity index (χ1v) is 7.42. The van der Waals surface area contributed by atoms with E-state index in [0.29, 0.717) is 6.04 Å². The van der Waals surface area contributed by atoms with Gasteiger partial charge in [0.05, 0.1) is 6.20 Å². The van der Waals surface area contributed by atoms with Crippen molar-refractivity contribution in [3.8, 4) is 0 Å². The minimum absolute atomic E-state index is 0.455. The van der Waals surface area contributed by atoms with Gasteiger partial charge in [0.25, 0.3) is 0 Å². The smallest absolute Gasteiger partial charge is 0.0534 e. The first-order chi connectivity index (χ1) is 9.22. The van der Waals surface area contributed by atoms with Crippen molar-refractivity contribution in [2.45, 2.75) is 32.5 Å². The summed E-state index contributed by atoms with van der Waals surface area (Å²) in [5, 5.41) is 7.77. The molecule has 1 N–H and O–H groups in total. The zero-order valence-corrected chi connectivity index (χ0v) is 12.0. The highest BCUT2D eigenvalue weighted by molar-refractivity contribution is 5.04. The molecular weight excluding hydrogens is 238 g/mol. The van der Waals surface area contributed by atoms with E-state index in [2.05, 4.69) is 40.3 Å². The maximum atomic E-state index is 4.42. The van der Waals surface area contributed by atoms with Crippen LogP contribution in [0.5, 0.6) is 0 Å². The van der Waals surface area contributed by atoms with Gasteiger partial charge in [-0.1, -0.05) is 0 Å². The Morgan fingerprint density at radius 3 is 2.53 bits per heavy atom. The number of aromatic nitrogens is 2. The van der Waals surface area contributed by atoms with Gasteiger partial charge in [-0.15, -0.1) is 0 Å². The summed E-state index contributed by atoms with van der Waals surface area (Å²) in [5.41, 5.74) is 1.34. The van der Waals surface area contributed by atoms with Gasteiger partial charge < -0.3 is 5.32 Å². The largest absolute Gasteiger partial charge is 0.314 e. The highest BCUT2D eigenvalue weighted by Gasteiger charge is 2.27. The van der Waals surface area contributed by atoms with Gasteiger partial charge in [0.15, 0.2) is 0 Å². The maximum absolute atomic E-state index is 4.42. The van der Waals surface area contributed by atoms with Crippen LogP contribution >= 0.6 is 0 Å². The molecular formula is C14H25N5. The fourth-order valence-electron chi connectivity index (χ4n) is 2.82. The van der Waals surface area contributed by atoms with Crippen molar-refractivity contribution in [3.05, 3.63) is 18.0 Å². The molecule has 0 unspecified atom stereocenters. The normalized spacial score (nSPS) is 22.9. The molecule has 0 radical (unpaired) electrons. The van der Waals surface area contributed by atoms with Crippen LogP contribution in [0.3, 0.4) is 0 Å². The van der Waals surface area contributed by atoms with Crippen LogP contribution < -0.4 is 5.32 Å². The molecule has 2 saturated heterocycles. The summed E-state index contributed by atoms with van der Waals surface area (Å²) in [6, 6.07) is 1.25. The Bertz CT molecular complexity index is 402. The molecule has 3 heterocycles. The van der Waals surface area contributed by atoms with Gasteiger partial charge in [-0.3, -0.25) is 14.5 Å². The van der Waals surface area contributed by atoms with Crippen LogP contribution in [-0.2, 0) is 6.54 Å². The van der Waals surface area contributed by atoms with Gasteiger partial charge in [0.2, 0.25) is 0 Å². The number of nitrogens with zero attached hydrogens (tertiary/aromatic N) is 4. The van der Waals surface area contributed by atoms with Crippen molar-refractivity contribution in [1.29, 1.82) is 0 Å². The molecule has 0 aliphatic carbocycles. The summed E-state index contributed by atoms with van der Waals surface area (Å²) in [7, 11) is 0. The highest BCUT2D eigenvalue weighted by atomic mass is 15.3. The van der Waals surface area contributed by atoms with Crippen LogP contribution in [0.15, 0.2) is 12.4 Å². The van der Waals surface area contributed by atoms with Crippen LogP contribution in [-0.4, -0.2) is 64.9 Å². The quantitative estimate of drug-likeness (QED) is 0.861. The second-order valence-corrected chi connectivity index (χ2v) is 6.05. The molecule has 2 aliphatic rings. The van der Waals surface area contributed by atoms with Crippen molar-refractivity contribution in [2.24, 2.45) is 0 Å². The van der Waals surface area contributed by atoms with Gasteiger partial charge >= 0.3 is 0 Å². The molecule has 5 heteroatoms. The van der Waals surface area contributed by atoms with E-state index in [-0.39, 0.29) is 0 Å². The van der Waals surface area contributed by atoms with E-state index >= 15 is 0 Å². The van der Waals surface area contributed by atoms with Crippen LogP contribution in [0, 0.1) is 0 Å². The van der Waals surface area contributed by atoms with Crippen LogP contribution in [0.1, 0.15) is 25.5 Å². The maximum Gasteiger partial charge on any atom is 0.0534 e. The lowest BCUT2D eigenvalue weighted by atomic mass is 10.1. The molecule has 0 atom stereocenters. The zero-order valence-electron chi connectivity index (χ0n) is 12.0. The SMILES string of the molecule is CC(C)n1cc(CN2CCN(C3CNC3)CC2)cn1. The molecule has 5 nitrogen and oxygen atoms in total. The fourth-order valence-corrected chi connectivity index (χ4v) is 2.82. The molecule has 0 bridgehead atoms. The predicted molar refractivity (Wildman–Crippen MR) is 76.1 cm³/mol. The summed E-state index contributed by atoms with van der Waals surface area (Å²) in [6.07, 6.45) is 4.20. The molecule has 3 rings (SSSR count). The van der Waals surface area contributed by atoms with Crippen molar-refractivity contribution in [1.82, 2.24) is 24.9 Å². The molecule has 0 aromatic carbocycles. The van der Waals surface area contributed by atoms with E-state index in [0.717, 1.165) is 12.6 Å². The summed E-state index contributed by atoms with van der Waals surface area (Å²) >= 11 is 0. The lowest BCUT2D eigenvalue weighted by Gasteiger charge is -2.43. The first-order valence-electron chi connectivity index (χ1n) is 7.42. The summed E-state index contributed by atoms with van der Waals surface area (Å²) in [6.45, 7) is 12.5. The predicted octanol–water partition coefficient (Wildman–Crippen LogP) is 0.553. The van der Waals surface area contributed by atoms with Gasteiger partial charge in [0, 0.05) is 69.7 Å². The molecule has 1 aromatic rings. The van der Waals surface area contributed by atoms with E-state index < -0.39 is 0 Å². The summed E-state index contributed by atoms with van der Waals surface area (Å²) in [5.74, 6) is 0. The van der Waals surface area contributed by atoms with Gasteiger partial charge in [0.1, 0.15) is 0 Å². The molecule has 2 aliphatic heterocycles. The van der Waals surface area contributed by atoms with E-state index in [9.17, 15) is 0 Å². The lowest BCUT2D eigenvalue weighted by Crippen LogP contribution is -2.61. The van der Waals surface area contributed by atoms with Crippen molar-refractivity contribution in [3.63, 3.8) is 0 Å². The van der Waals surface area contributed by atoms with E-state index in [4.69, 9.17) is 0 Å². The number of rotatable bonds is 4. The van der Waals surface area contributed by atoms with Crippen molar-refractivity contribution >= 4 is 0 Å². The van der Waals surface area contributed by atoms with E-state index in [1.165, 1.54) is 44.8 Å². The van der Waals surface area contributed by atoms with E-state index in [1.807, 2.05) is 10.9 Å². The average molecular weight is 263 g/mol. The fraction of sp³-hybridized carbons (Fsp3) is 0.786. The van der Waals surface area contributed by atoms with Crippen LogP contribution in [0.25, 0.3) is 0 Å². The Morgan fingerprint density at radius 2 is 2.00 bits per heavy atom. The molecule has 0 saturated carbocycles. The Balaban J connectivity index is 1.48. The highest BCUT2D eigenvalue weighted by Crippen LogP contribution is 2.13. The molecule has 1 aromatic heterocycles. The van der Waals surface area contributed by atoms with E-state index in [1.54, 1.807) is 0 Å². The molecule has 2 fully saturated rings. The van der Waals surface area contributed by atoms with Crippen LogP contribution in [0.4, 0.5) is 0 Å². The summed E-state index contributed by atoms with van der Waals surface area (Å²) < 4.78 is 2.05. The zero-order chi connectivity index (χ0) is 13.2. The third-order valence-corrected chi connectivity index (χ3v) is 4.27. The number of nitrogens with one attached hydrogen (secondary N) is 1. The summed E-state index contributed by atoms with van der Waals surface area (Å²) in [4.78, 5) is 5.18. The standard InChI is InChI=1S/C14H25N5/c1-12(2)19-11-13(7-16-19)10-17-3-5-18(6-4-17)14-8-15-9-14/h7,11-12,14-15H,3-6,8-10H2,1-2H3. The Labute approximate surface area is 115 Å². The number of piperazine rings is 1. The Kier molecular flexibility index (Phi) is 3.86. The minimum Gasteiger partial charge on any atom is -0.314 e. The Morgan fingerprint density at radius 1 is 1.26 bits per heavy atom.